The molecule has 2 aromatic carbocycles. The highest BCUT2D eigenvalue weighted by Gasteiger charge is 2.18. The molecule has 3 amide bonds. The van der Waals surface area contributed by atoms with Crippen molar-refractivity contribution in [1.29, 1.82) is 0 Å². The van der Waals surface area contributed by atoms with Crippen molar-refractivity contribution in [2.24, 2.45) is 5.41 Å². The van der Waals surface area contributed by atoms with Crippen LogP contribution in [0.3, 0.4) is 0 Å². The highest BCUT2D eigenvalue weighted by atomic mass is 35.5. The van der Waals surface area contributed by atoms with Crippen LogP contribution in [0, 0.1) is 5.41 Å². The second-order valence-electron chi connectivity index (χ2n) is 7.51. The van der Waals surface area contributed by atoms with Gasteiger partial charge in [0, 0.05) is 35.9 Å². The van der Waals surface area contributed by atoms with Gasteiger partial charge >= 0.3 is 6.03 Å². The van der Waals surface area contributed by atoms with Crippen LogP contribution in [0.1, 0.15) is 27.2 Å². The molecule has 2 N–H and O–H groups in total. The number of para-hydroxylation sites is 1. The van der Waals surface area contributed by atoms with Gasteiger partial charge in [-0.2, -0.15) is 0 Å². The molecule has 0 heterocycles. The summed E-state index contributed by atoms with van der Waals surface area (Å²) in [4.78, 5) is 26.4. The Morgan fingerprint density at radius 1 is 1.00 bits per heavy atom. The Morgan fingerprint density at radius 3 is 2.22 bits per heavy atom. The summed E-state index contributed by atoms with van der Waals surface area (Å²) in [6.07, 6.45) is 0.440. The molecule has 0 aliphatic rings. The van der Waals surface area contributed by atoms with E-state index >= 15 is 0 Å². The molecule has 5 nitrogen and oxygen atoms in total. The van der Waals surface area contributed by atoms with Crippen LogP contribution in [0.4, 0.5) is 16.2 Å². The molecule has 2 aromatic rings. The first-order valence-corrected chi connectivity index (χ1v) is 9.28. The predicted molar refractivity (Wildman–Crippen MR) is 111 cm³/mol. The van der Waals surface area contributed by atoms with Crippen LogP contribution in [0.25, 0.3) is 0 Å². The lowest BCUT2D eigenvalue weighted by Crippen LogP contribution is -2.41. The van der Waals surface area contributed by atoms with Crippen molar-refractivity contribution in [2.45, 2.75) is 27.2 Å². The zero-order valence-corrected chi connectivity index (χ0v) is 16.7. The van der Waals surface area contributed by atoms with Crippen LogP contribution in [-0.2, 0) is 4.79 Å². The van der Waals surface area contributed by atoms with Gasteiger partial charge < -0.3 is 10.6 Å². The van der Waals surface area contributed by atoms with E-state index in [4.69, 9.17) is 11.6 Å². The summed E-state index contributed by atoms with van der Waals surface area (Å²) in [5, 5.41) is 6.35. The summed E-state index contributed by atoms with van der Waals surface area (Å²) < 4.78 is 0. The van der Waals surface area contributed by atoms with Crippen LogP contribution in [-0.4, -0.2) is 25.0 Å². The fraction of sp³-hybridized carbons (Fsp3) is 0.333. The molecule has 0 bridgehead atoms. The maximum absolute atomic E-state index is 12.8. The van der Waals surface area contributed by atoms with Gasteiger partial charge in [-0.1, -0.05) is 50.6 Å². The number of anilines is 2. The molecule has 0 spiro atoms. The molecule has 2 rings (SSSR count). The van der Waals surface area contributed by atoms with Gasteiger partial charge in [-0.25, -0.2) is 4.79 Å². The Morgan fingerprint density at radius 2 is 1.63 bits per heavy atom. The van der Waals surface area contributed by atoms with E-state index in [1.165, 1.54) is 0 Å². The first-order valence-electron chi connectivity index (χ1n) is 8.90. The molecule has 0 aromatic heterocycles. The van der Waals surface area contributed by atoms with Crippen LogP contribution in [0.15, 0.2) is 54.6 Å². The molecule has 144 valence electrons. The Hall–Kier alpha value is -2.53. The molecule has 0 radical (unpaired) electrons. The van der Waals surface area contributed by atoms with Crippen molar-refractivity contribution in [3.8, 4) is 0 Å². The number of hydrogen-bond donors (Lipinski definition) is 2. The first kappa shape index (κ1) is 20.8. The third-order valence-corrected chi connectivity index (χ3v) is 4.01. The highest BCUT2D eigenvalue weighted by Crippen LogP contribution is 2.19. The molecule has 0 saturated heterocycles. The van der Waals surface area contributed by atoms with E-state index in [1.807, 2.05) is 51.1 Å². The van der Waals surface area contributed by atoms with E-state index in [0.717, 1.165) is 5.69 Å². The van der Waals surface area contributed by atoms with E-state index in [0.29, 0.717) is 30.2 Å². The largest absolute Gasteiger partial charge is 0.354 e. The van der Waals surface area contributed by atoms with Crippen molar-refractivity contribution in [1.82, 2.24) is 5.32 Å². The summed E-state index contributed by atoms with van der Waals surface area (Å²) >= 11 is 5.89. The van der Waals surface area contributed by atoms with Gasteiger partial charge in [-0.05, 0) is 41.8 Å². The summed E-state index contributed by atoms with van der Waals surface area (Å²) in [5.74, 6) is -0.0198. The number of benzene rings is 2. The second-order valence-corrected chi connectivity index (χ2v) is 7.95. The zero-order valence-electron chi connectivity index (χ0n) is 16.0. The third kappa shape index (κ3) is 7.31. The molecular formula is C21H26ClN3O2. The van der Waals surface area contributed by atoms with Crippen molar-refractivity contribution in [3.63, 3.8) is 0 Å². The second kappa shape index (κ2) is 9.42. The number of nitrogens with one attached hydrogen (secondary N) is 2. The van der Waals surface area contributed by atoms with Gasteiger partial charge in [-0.3, -0.25) is 9.69 Å². The molecular weight excluding hydrogens is 362 g/mol. The fourth-order valence-electron chi connectivity index (χ4n) is 2.53. The van der Waals surface area contributed by atoms with Gasteiger partial charge in [0.15, 0.2) is 0 Å². The molecule has 0 aliphatic carbocycles. The monoisotopic (exact) mass is 387 g/mol. The average Bonchev–Trinajstić information content (AvgIpc) is 2.60. The lowest BCUT2D eigenvalue weighted by Gasteiger charge is -2.24. The van der Waals surface area contributed by atoms with Gasteiger partial charge in [0.25, 0.3) is 0 Å². The summed E-state index contributed by atoms with van der Waals surface area (Å²) in [6.45, 7) is 6.78. The van der Waals surface area contributed by atoms with Crippen molar-refractivity contribution in [3.05, 3.63) is 59.6 Å². The minimum Gasteiger partial charge on any atom is -0.354 e. The van der Waals surface area contributed by atoms with Crippen molar-refractivity contribution < 1.29 is 9.59 Å². The van der Waals surface area contributed by atoms with E-state index in [1.54, 1.807) is 29.2 Å². The summed E-state index contributed by atoms with van der Waals surface area (Å²) in [5.41, 5.74) is 1.34. The Balaban J connectivity index is 2.02. The highest BCUT2D eigenvalue weighted by molar-refractivity contribution is 6.30. The predicted octanol–water partition coefficient (Wildman–Crippen LogP) is 4.93. The fourth-order valence-corrected chi connectivity index (χ4v) is 2.66. The smallest absolute Gasteiger partial charge is 0.326 e. The molecule has 27 heavy (non-hydrogen) atoms. The van der Waals surface area contributed by atoms with E-state index in [-0.39, 0.29) is 17.4 Å². The number of halogens is 1. The molecule has 0 aliphatic heterocycles. The molecule has 0 unspecified atom stereocenters. The van der Waals surface area contributed by atoms with E-state index < -0.39 is 0 Å². The number of carbonyl (C=O) groups excluding carboxylic acids is 2. The van der Waals surface area contributed by atoms with Crippen LogP contribution in [0.5, 0.6) is 0 Å². The van der Waals surface area contributed by atoms with Gasteiger partial charge in [0.2, 0.25) is 5.91 Å². The number of urea groups is 1. The number of nitrogens with zero attached hydrogens (tertiary/aromatic N) is 1. The Labute approximate surface area is 165 Å². The SMILES string of the molecule is CC(C)(C)CC(=O)NCCN(C(=O)Nc1ccc(Cl)cc1)c1ccccc1. The van der Waals surface area contributed by atoms with Crippen molar-refractivity contribution >= 4 is 34.9 Å². The maximum atomic E-state index is 12.8. The molecule has 0 atom stereocenters. The molecule has 0 fully saturated rings. The lowest BCUT2D eigenvalue weighted by molar-refractivity contribution is -0.122. The van der Waals surface area contributed by atoms with Crippen LogP contribution in [0.2, 0.25) is 5.02 Å². The third-order valence-electron chi connectivity index (χ3n) is 3.76. The standard InChI is InChI=1S/C21H26ClN3O2/c1-21(2,3)15-19(26)23-13-14-25(18-7-5-4-6-8-18)20(27)24-17-11-9-16(22)10-12-17/h4-12H,13-15H2,1-3H3,(H,23,26)(H,24,27). The average molecular weight is 388 g/mol. The quantitative estimate of drug-likeness (QED) is 0.738. The minimum absolute atomic E-state index is 0.0198. The summed E-state index contributed by atoms with van der Waals surface area (Å²) in [6, 6.07) is 16.0. The number of rotatable bonds is 6. The van der Waals surface area contributed by atoms with Gasteiger partial charge in [0.1, 0.15) is 0 Å². The van der Waals surface area contributed by atoms with Gasteiger partial charge in [0.05, 0.1) is 0 Å². The number of hydrogen-bond acceptors (Lipinski definition) is 2. The van der Waals surface area contributed by atoms with Gasteiger partial charge in [-0.15, -0.1) is 0 Å². The Kier molecular flexibility index (Phi) is 7.25. The minimum atomic E-state index is -0.270. The first-order chi connectivity index (χ1) is 12.7. The van der Waals surface area contributed by atoms with Crippen LogP contribution >= 0.6 is 11.6 Å². The Bertz CT molecular complexity index is 755. The zero-order chi connectivity index (χ0) is 19.9. The number of amides is 3. The van der Waals surface area contributed by atoms with Crippen LogP contribution < -0.4 is 15.5 Å². The van der Waals surface area contributed by atoms with E-state index in [9.17, 15) is 9.59 Å². The molecule has 6 heteroatoms. The normalized spacial score (nSPS) is 11.0. The van der Waals surface area contributed by atoms with E-state index in [2.05, 4.69) is 10.6 Å². The number of carbonyl (C=O) groups is 2. The molecule has 0 saturated carbocycles. The van der Waals surface area contributed by atoms with Crippen molar-refractivity contribution in [2.75, 3.05) is 23.3 Å². The maximum Gasteiger partial charge on any atom is 0.326 e. The summed E-state index contributed by atoms with van der Waals surface area (Å²) in [7, 11) is 0. The lowest BCUT2D eigenvalue weighted by atomic mass is 9.92. The topological polar surface area (TPSA) is 61.4 Å².